The van der Waals surface area contributed by atoms with Crippen LogP contribution in [0.2, 0.25) is 0 Å². The van der Waals surface area contributed by atoms with Gasteiger partial charge in [-0.25, -0.2) is 4.79 Å². The minimum atomic E-state index is -0.472. The predicted molar refractivity (Wildman–Crippen MR) is 112 cm³/mol. The summed E-state index contributed by atoms with van der Waals surface area (Å²) < 4.78 is 23.2. The molecule has 0 N–H and O–H groups in total. The van der Waals surface area contributed by atoms with Crippen molar-refractivity contribution in [3.8, 4) is 11.5 Å². The first-order valence-electron chi connectivity index (χ1n) is 9.95. The Morgan fingerprint density at radius 2 is 1.97 bits per heavy atom. The molecule has 1 aliphatic rings. The van der Waals surface area contributed by atoms with E-state index in [4.69, 9.17) is 18.6 Å². The second-order valence-corrected chi connectivity index (χ2v) is 7.94. The molecule has 0 spiro atoms. The first kappa shape index (κ1) is 19.5. The van der Waals surface area contributed by atoms with Crippen LogP contribution in [0, 0.1) is 0 Å². The van der Waals surface area contributed by atoms with E-state index in [1.54, 1.807) is 13.2 Å². The summed E-state index contributed by atoms with van der Waals surface area (Å²) in [6.07, 6.45) is 2.51. The molecule has 152 valence electrons. The molecule has 2 aromatic carbocycles. The van der Waals surface area contributed by atoms with Crippen LogP contribution < -0.4 is 15.1 Å². The Labute approximate surface area is 170 Å². The largest absolute Gasteiger partial charge is 0.496 e. The Bertz CT molecular complexity index is 1070. The van der Waals surface area contributed by atoms with Crippen LogP contribution in [0.1, 0.15) is 31.4 Å². The van der Waals surface area contributed by atoms with Gasteiger partial charge in [-0.15, -0.1) is 0 Å². The van der Waals surface area contributed by atoms with Gasteiger partial charge in [-0.3, -0.25) is 0 Å². The maximum Gasteiger partial charge on any atom is 0.336 e. The molecule has 5 heteroatoms. The number of ether oxygens (including phenoxy) is 3. The van der Waals surface area contributed by atoms with Crippen LogP contribution in [-0.4, -0.2) is 25.4 Å². The average molecular weight is 394 g/mol. The minimum absolute atomic E-state index is 0.0548. The summed E-state index contributed by atoms with van der Waals surface area (Å²) in [5, 5.41) is 0.890. The lowest BCUT2D eigenvalue weighted by atomic mass is 9.90. The number of fused-ring (bicyclic) bond motifs is 2. The van der Waals surface area contributed by atoms with Gasteiger partial charge in [0.05, 0.1) is 7.11 Å². The van der Waals surface area contributed by atoms with E-state index >= 15 is 0 Å². The molecule has 0 amide bonds. The Morgan fingerprint density at radius 1 is 1.14 bits per heavy atom. The second kappa shape index (κ2) is 7.91. The zero-order chi connectivity index (χ0) is 20.4. The summed E-state index contributed by atoms with van der Waals surface area (Å²) in [6.45, 7) is 4.71. The van der Waals surface area contributed by atoms with Crippen LogP contribution in [0.5, 0.6) is 11.5 Å². The van der Waals surface area contributed by atoms with Crippen molar-refractivity contribution in [3.05, 3.63) is 70.1 Å². The summed E-state index contributed by atoms with van der Waals surface area (Å²) in [5.74, 6) is 1.67. The molecular weight excluding hydrogens is 368 g/mol. The predicted octanol–water partition coefficient (Wildman–Crippen LogP) is 4.53. The van der Waals surface area contributed by atoms with Gasteiger partial charge < -0.3 is 18.6 Å². The normalized spacial score (nSPS) is 17.6. The lowest BCUT2D eigenvalue weighted by molar-refractivity contribution is -0.0839. The number of rotatable bonds is 6. The van der Waals surface area contributed by atoms with Crippen molar-refractivity contribution in [1.82, 2.24) is 0 Å². The zero-order valence-corrected chi connectivity index (χ0v) is 17.1. The highest BCUT2D eigenvalue weighted by Gasteiger charge is 2.38. The maximum atomic E-state index is 11.5. The van der Waals surface area contributed by atoms with E-state index in [9.17, 15) is 4.79 Å². The van der Waals surface area contributed by atoms with Gasteiger partial charge in [0.1, 0.15) is 28.8 Å². The third-order valence-electron chi connectivity index (χ3n) is 5.46. The van der Waals surface area contributed by atoms with E-state index in [-0.39, 0.29) is 11.7 Å². The van der Waals surface area contributed by atoms with Crippen molar-refractivity contribution >= 4 is 11.0 Å². The maximum absolute atomic E-state index is 11.5. The summed E-state index contributed by atoms with van der Waals surface area (Å²) in [6, 6.07) is 15.1. The third-order valence-corrected chi connectivity index (χ3v) is 5.46. The Kier molecular flexibility index (Phi) is 5.33. The van der Waals surface area contributed by atoms with Gasteiger partial charge in [-0.05, 0) is 56.0 Å². The highest BCUT2D eigenvalue weighted by molar-refractivity contribution is 5.79. The monoisotopic (exact) mass is 394 g/mol. The highest BCUT2D eigenvalue weighted by Crippen LogP contribution is 2.37. The topological polar surface area (TPSA) is 57.9 Å². The fourth-order valence-electron chi connectivity index (χ4n) is 3.85. The summed E-state index contributed by atoms with van der Waals surface area (Å²) in [5.41, 5.74) is 1.98. The second-order valence-electron chi connectivity index (χ2n) is 7.94. The van der Waals surface area contributed by atoms with Crippen molar-refractivity contribution < 1.29 is 18.6 Å². The van der Waals surface area contributed by atoms with E-state index in [0.717, 1.165) is 41.7 Å². The van der Waals surface area contributed by atoms with Crippen molar-refractivity contribution in [1.29, 1.82) is 0 Å². The van der Waals surface area contributed by atoms with Crippen LogP contribution in [-0.2, 0) is 17.6 Å². The number of hydrogen-bond donors (Lipinski definition) is 0. The van der Waals surface area contributed by atoms with E-state index in [1.165, 1.54) is 11.6 Å². The molecule has 4 rings (SSSR count). The average Bonchev–Trinajstić information content (AvgIpc) is 2.70. The fraction of sp³-hybridized carbons (Fsp3) is 0.375. The van der Waals surface area contributed by atoms with Gasteiger partial charge in [-0.1, -0.05) is 18.2 Å². The molecule has 29 heavy (non-hydrogen) atoms. The summed E-state index contributed by atoms with van der Waals surface area (Å²) >= 11 is 0. The number of hydrogen-bond acceptors (Lipinski definition) is 5. The van der Waals surface area contributed by atoms with Crippen molar-refractivity contribution in [2.75, 3.05) is 13.7 Å². The molecule has 0 bridgehead atoms. The molecule has 0 saturated carbocycles. The van der Waals surface area contributed by atoms with Crippen LogP contribution in [0.15, 0.2) is 57.7 Å². The smallest absolute Gasteiger partial charge is 0.336 e. The van der Waals surface area contributed by atoms with Gasteiger partial charge in [-0.2, -0.15) is 0 Å². The SMILES string of the molecule is COc1ccccc1CCCO[C@@H]1Cc2cc3ccc(=O)oc3cc2OC1(C)C. The minimum Gasteiger partial charge on any atom is -0.496 e. The molecule has 1 aliphatic heterocycles. The Balaban J connectivity index is 1.43. The Morgan fingerprint density at radius 3 is 2.79 bits per heavy atom. The lowest BCUT2D eigenvalue weighted by Gasteiger charge is -2.39. The molecule has 2 heterocycles. The van der Waals surface area contributed by atoms with Crippen LogP contribution in [0.4, 0.5) is 0 Å². The van der Waals surface area contributed by atoms with Crippen molar-refractivity contribution in [3.63, 3.8) is 0 Å². The quantitative estimate of drug-likeness (QED) is 0.454. The first-order chi connectivity index (χ1) is 14.0. The van der Waals surface area contributed by atoms with Gasteiger partial charge in [0.15, 0.2) is 0 Å². The van der Waals surface area contributed by atoms with E-state index in [2.05, 4.69) is 6.07 Å². The number of benzene rings is 2. The molecule has 0 aliphatic carbocycles. The first-order valence-corrected chi connectivity index (χ1v) is 9.95. The standard InChI is InChI=1S/C24H26O5/c1-24(2)22(27-12-6-8-16-7-4-5-9-19(16)26-3)14-18-13-17-10-11-23(25)28-20(17)15-21(18)29-24/h4-5,7,9-11,13,15,22H,6,8,12,14H2,1-3H3/t22-/m1/s1. The van der Waals surface area contributed by atoms with E-state index in [1.807, 2.05) is 44.2 Å². The Hall–Kier alpha value is -2.79. The fourth-order valence-corrected chi connectivity index (χ4v) is 3.85. The molecule has 0 saturated heterocycles. The number of para-hydroxylation sites is 1. The molecule has 0 radical (unpaired) electrons. The van der Waals surface area contributed by atoms with Crippen molar-refractivity contribution in [2.24, 2.45) is 0 Å². The summed E-state index contributed by atoms with van der Waals surface area (Å²) in [4.78, 5) is 11.5. The van der Waals surface area contributed by atoms with Crippen LogP contribution in [0.3, 0.4) is 0 Å². The van der Waals surface area contributed by atoms with E-state index < -0.39 is 5.60 Å². The number of methoxy groups -OCH3 is 1. The molecule has 0 fully saturated rings. The zero-order valence-electron chi connectivity index (χ0n) is 17.1. The molecular formula is C24H26O5. The molecule has 1 atom stereocenters. The molecule has 0 unspecified atom stereocenters. The van der Waals surface area contributed by atoms with Crippen LogP contribution >= 0.6 is 0 Å². The summed E-state index contributed by atoms with van der Waals surface area (Å²) in [7, 11) is 1.70. The third kappa shape index (κ3) is 4.15. The molecule has 3 aromatic rings. The van der Waals surface area contributed by atoms with Crippen molar-refractivity contribution in [2.45, 2.75) is 44.8 Å². The van der Waals surface area contributed by atoms with Crippen LogP contribution in [0.25, 0.3) is 11.0 Å². The van der Waals surface area contributed by atoms with Gasteiger partial charge >= 0.3 is 5.63 Å². The number of aryl methyl sites for hydroxylation is 1. The van der Waals surface area contributed by atoms with Gasteiger partial charge in [0.2, 0.25) is 0 Å². The molecule has 5 nitrogen and oxygen atoms in total. The highest BCUT2D eigenvalue weighted by atomic mass is 16.6. The lowest BCUT2D eigenvalue weighted by Crippen LogP contribution is -2.48. The van der Waals surface area contributed by atoms with Gasteiger partial charge in [0.25, 0.3) is 0 Å². The van der Waals surface area contributed by atoms with Gasteiger partial charge in [0, 0.05) is 30.5 Å². The van der Waals surface area contributed by atoms with E-state index in [0.29, 0.717) is 12.2 Å². The molecule has 1 aromatic heterocycles.